The Morgan fingerprint density at radius 1 is 1.44 bits per heavy atom. The predicted molar refractivity (Wildman–Crippen MR) is 64.9 cm³/mol. The lowest BCUT2D eigenvalue weighted by Crippen LogP contribution is -2.16. The van der Waals surface area contributed by atoms with Gasteiger partial charge in [-0.1, -0.05) is 12.1 Å². The van der Waals surface area contributed by atoms with E-state index < -0.39 is 15.8 Å². The standard InChI is InChI=1S/C10H17N3O4S/c1-2-6-18(16,17)7-5-13-8-9(11-12-13)3-4-10(14)15/h8H,2-7H2,1H3,(H,14,15). The molecule has 0 radical (unpaired) electrons. The molecule has 1 heterocycles. The molecular weight excluding hydrogens is 258 g/mol. The summed E-state index contributed by atoms with van der Waals surface area (Å²) in [5.41, 5.74) is 0.560. The minimum Gasteiger partial charge on any atom is -0.481 e. The topological polar surface area (TPSA) is 102 Å². The highest BCUT2D eigenvalue weighted by molar-refractivity contribution is 7.91. The van der Waals surface area contributed by atoms with E-state index >= 15 is 0 Å². The number of hydrogen-bond acceptors (Lipinski definition) is 5. The van der Waals surface area contributed by atoms with E-state index in [1.807, 2.05) is 6.92 Å². The molecule has 0 saturated carbocycles. The first-order chi connectivity index (χ1) is 8.43. The molecule has 102 valence electrons. The lowest BCUT2D eigenvalue weighted by molar-refractivity contribution is -0.136. The highest BCUT2D eigenvalue weighted by Gasteiger charge is 2.10. The molecule has 0 bridgehead atoms. The first-order valence-corrected chi connectivity index (χ1v) is 7.56. The third kappa shape index (κ3) is 5.26. The SMILES string of the molecule is CCCS(=O)(=O)CCn1cc(CCC(=O)O)nn1. The van der Waals surface area contributed by atoms with Crippen molar-refractivity contribution in [3.63, 3.8) is 0 Å². The van der Waals surface area contributed by atoms with Gasteiger partial charge in [-0.3, -0.25) is 9.48 Å². The van der Waals surface area contributed by atoms with Crippen LogP contribution in [-0.4, -0.2) is 46.0 Å². The van der Waals surface area contributed by atoms with E-state index in [1.54, 1.807) is 6.20 Å². The average Bonchev–Trinajstić information content (AvgIpc) is 2.72. The summed E-state index contributed by atoms with van der Waals surface area (Å²) in [6.45, 7) is 2.07. The van der Waals surface area contributed by atoms with Crippen LogP contribution in [0.15, 0.2) is 6.20 Å². The van der Waals surface area contributed by atoms with Crippen molar-refractivity contribution in [1.29, 1.82) is 0 Å². The number of rotatable bonds is 8. The zero-order valence-electron chi connectivity index (χ0n) is 10.2. The van der Waals surface area contributed by atoms with Crippen LogP contribution in [0.1, 0.15) is 25.5 Å². The van der Waals surface area contributed by atoms with Gasteiger partial charge in [-0.15, -0.1) is 5.10 Å². The molecule has 0 fully saturated rings. The number of carboxylic acid groups (broad SMARTS) is 1. The summed E-state index contributed by atoms with van der Waals surface area (Å²) >= 11 is 0. The van der Waals surface area contributed by atoms with Crippen molar-refractivity contribution < 1.29 is 18.3 Å². The van der Waals surface area contributed by atoms with E-state index in [0.717, 1.165) is 0 Å². The minimum atomic E-state index is -3.03. The lowest BCUT2D eigenvalue weighted by atomic mass is 10.2. The van der Waals surface area contributed by atoms with Crippen molar-refractivity contribution in [3.05, 3.63) is 11.9 Å². The minimum absolute atomic E-state index is 0.00712. The average molecular weight is 275 g/mol. The largest absolute Gasteiger partial charge is 0.481 e. The molecule has 1 N–H and O–H groups in total. The second-order valence-corrected chi connectivity index (χ2v) is 6.32. The molecule has 0 aromatic carbocycles. The summed E-state index contributed by atoms with van der Waals surface area (Å²) in [5.74, 6) is -0.689. The number of nitrogens with zero attached hydrogens (tertiary/aromatic N) is 3. The van der Waals surface area contributed by atoms with Gasteiger partial charge in [0.1, 0.15) is 0 Å². The van der Waals surface area contributed by atoms with Crippen LogP contribution < -0.4 is 0 Å². The molecule has 0 aliphatic heterocycles. The van der Waals surface area contributed by atoms with Crippen LogP contribution in [0.2, 0.25) is 0 Å². The summed E-state index contributed by atoms with van der Waals surface area (Å²) in [6, 6.07) is 0. The molecule has 0 aliphatic carbocycles. The quantitative estimate of drug-likeness (QED) is 0.723. The first-order valence-electron chi connectivity index (χ1n) is 5.74. The van der Waals surface area contributed by atoms with Gasteiger partial charge >= 0.3 is 5.97 Å². The number of sulfone groups is 1. The molecule has 0 amide bonds. The van der Waals surface area contributed by atoms with Gasteiger partial charge in [0.2, 0.25) is 0 Å². The van der Waals surface area contributed by atoms with E-state index in [9.17, 15) is 13.2 Å². The third-order valence-electron chi connectivity index (χ3n) is 2.33. The fourth-order valence-corrected chi connectivity index (χ4v) is 2.73. The molecule has 1 rings (SSSR count). The van der Waals surface area contributed by atoms with Crippen molar-refractivity contribution in [2.75, 3.05) is 11.5 Å². The number of carbonyl (C=O) groups is 1. The van der Waals surface area contributed by atoms with Crippen LogP contribution in [0.25, 0.3) is 0 Å². The monoisotopic (exact) mass is 275 g/mol. The Labute approximate surface area is 106 Å². The molecule has 18 heavy (non-hydrogen) atoms. The van der Waals surface area contributed by atoms with Crippen LogP contribution in [0, 0.1) is 0 Å². The van der Waals surface area contributed by atoms with Crippen LogP contribution in [-0.2, 0) is 27.6 Å². The van der Waals surface area contributed by atoms with Crippen LogP contribution in [0.5, 0.6) is 0 Å². The fourth-order valence-electron chi connectivity index (χ4n) is 1.44. The Bertz CT molecular complexity index is 495. The van der Waals surface area contributed by atoms with E-state index in [1.165, 1.54) is 4.68 Å². The molecule has 1 aromatic heterocycles. The second-order valence-electron chi connectivity index (χ2n) is 4.02. The molecule has 0 unspecified atom stereocenters. The smallest absolute Gasteiger partial charge is 0.303 e. The van der Waals surface area contributed by atoms with E-state index in [2.05, 4.69) is 10.3 Å². The van der Waals surface area contributed by atoms with Gasteiger partial charge < -0.3 is 5.11 Å². The van der Waals surface area contributed by atoms with Crippen LogP contribution in [0.4, 0.5) is 0 Å². The number of aromatic nitrogens is 3. The molecule has 7 nitrogen and oxygen atoms in total. The van der Waals surface area contributed by atoms with Gasteiger partial charge in [-0.05, 0) is 6.42 Å². The zero-order chi connectivity index (χ0) is 13.6. The van der Waals surface area contributed by atoms with Crippen molar-refractivity contribution >= 4 is 15.8 Å². The van der Waals surface area contributed by atoms with Gasteiger partial charge in [-0.2, -0.15) is 0 Å². The van der Waals surface area contributed by atoms with Crippen LogP contribution >= 0.6 is 0 Å². The summed E-state index contributed by atoms with van der Waals surface area (Å²) < 4.78 is 24.4. The maximum absolute atomic E-state index is 11.5. The highest BCUT2D eigenvalue weighted by atomic mass is 32.2. The maximum Gasteiger partial charge on any atom is 0.303 e. The number of aliphatic carboxylic acids is 1. The molecular formula is C10H17N3O4S. The van der Waals surface area contributed by atoms with Gasteiger partial charge in [0, 0.05) is 18.4 Å². The summed E-state index contributed by atoms with van der Waals surface area (Å²) in [6.07, 6.45) is 2.48. The van der Waals surface area contributed by atoms with Crippen molar-refractivity contribution in [2.24, 2.45) is 0 Å². The Kier molecular flexibility index (Phi) is 5.26. The second kappa shape index (κ2) is 6.48. The molecule has 1 aromatic rings. The maximum atomic E-state index is 11.5. The van der Waals surface area contributed by atoms with Crippen molar-refractivity contribution in [1.82, 2.24) is 15.0 Å². The van der Waals surface area contributed by atoms with E-state index in [0.29, 0.717) is 18.5 Å². The fraction of sp³-hybridized carbons (Fsp3) is 0.700. The molecule has 8 heteroatoms. The number of hydrogen-bond donors (Lipinski definition) is 1. The summed E-state index contributed by atoms with van der Waals surface area (Å²) in [5, 5.41) is 16.1. The Balaban J connectivity index is 2.47. The highest BCUT2D eigenvalue weighted by Crippen LogP contribution is 2.00. The Hall–Kier alpha value is -1.44. The molecule has 0 saturated heterocycles. The van der Waals surface area contributed by atoms with Crippen molar-refractivity contribution in [3.8, 4) is 0 Å². The molecule has 0 aliphatic rings. The number of carboxylic acids is 1. The predicted octanol–water partition coefficient (Wildman–Crippen LogP) is 0.120. The van der Waals surface area contributed by atoms with Gasteiger partial charge in [-0.25, -0.2) is 8.42 Å². The van der Waals surface area contributed by atoms with Gasteiger partial charge in [0.05, 0.1) is 24.4 Å². The Morgan fingerprint density at radius 3 is 2.78 bits per heavy atom. The van der Waals surface area contributed by atoms with Crippen molar-refractivity contribution in [2.45, 2.75) is 32.7 Å². The van der Waals surface area contributed by atoms with Gasteiger partial charge in [0.25, 0.3) is 0 Å². The van der Waals surface area contributed by atoms with E-state index in [4.69, 9.17) is 5.11 Å². The summed E-state index contributed by atoms with van der Waals surface area (Å²) in [4.78, 5) is 10.4. The first kappa shape index (κ1) is 14.6. The van der Waals surface area contributed by atoms with Crippen LogP contribution in [0.3, 0.4) is 0 Å². The normalized spacial score (nSPS) is 11.6. The number of aryl methyl sites for hydroxylation is 2. The third-order valence-corrected chi connectivity index (χ3v) is 4.16. The molecule has 0 atom stereocenters. The molecule has 0 spiro atoms. The summed E-state index contributed by atoms with van der Waals surface area (Å²) in [7, 11) is -3.03. The Morgan fingerprint density at radius 2 is 2.17 bits per heavy atom. The zero-order valence-corrected chi connectivity index (χ0v) is 11.1. The van der Waals surface area contributed by atoms with E-state index in [-0.39, 0.29) is 24.5 Å². The lowest BCUT2D eigenvalue weighted by Gasteiger charge is -2.01. The van der Waals surface area contributed by atoms with Gasteiger partial charge in [0.15, 0.2) is 9.84 Å².